The molecule has 162 valence electrons. The van der Waals surface area contributed by atoms with Gasteiger partial charge < -0.3 is 8.85 Å². The van der Waals surface area contributed by atoms with Gasteiger partial charge in [0.25, 0.3) is 0 Å². The topological polar surface area (TPSA) is 18.5 Å². The van der Waals surface area contributed by atoms with Crippen molar-refractivity contribution in [1.29, 1.82) is 0 Å². The normalized spacial score (nSPS) is 13.6. The van der Waals surface area contributed by atoms with Crippen LogP contribution in [0.2, 0.25) is 26.2 Å². The van der Waals surface area contributed by atoms with Gasteiger partial charge in [-0.2, -0.15) is 0 Å². The highest BCUT2D eigenvalue weighted by Gasteiger charge is 2.32. The van der Waals surface area contributed by atoms with Gasteiger partial charge >= 0.3 is 0 Å². The number of benzene rings is 3. The van der Waals surface area contributed by atoms with Crippen LogP contribution in [0.3, 0.4) is 0 Å². The summed E-state index contributed by atoms with van der Waals surface area (Å²) in [4.78, 5) is 0. The molecular formula is C28H30O2Si2. The van der Waals surface area contributed by atoms with Crippen LogP contribution >= 0.6 is 0 Å². The number of hydrogen-bond acceptors (Lipinski definition) is 2. The Balaban J connectivity index is 1.77. The summed E-state index contributed by atoms with van der Waals surface area (Å²) in [5.41, 5.74) is 2.02. The third-order valence-corrected chi connectivity index (χ3v) is 10.7. The standard InChI is InChI=1S/C28H30O2Si2/c1-7-27(23-15-11-9-12-16-23)29-31(3,4)25-19-21-26(22-20-25)32(5,6)30-28(8-2)24-17-13-10-14-18-24/h1-2,9-22,27-28H,3-6H3. The smallest absolute Gasteiger partial charge is 0.220 e. The van der Waals surface area contributed by atoms with Gasteiger partial charge in [0.1, 0.15) is 12.2 Å². The van der Waals surface area contributed by atoms with E-state index >= 15 is 0 Å². The molecule has 0 saturated carbocycles. The third kappa shape index (κ3) is 5.68. The Morgan fingerprint density at radius 1 is 0.562 bits per heavy atom. The summed E-state index contributed by atoms with van der Waals surface area (Å²) >= 11 is 0. The SMILES string of the molecule is C#CC(O[Si](C)(C)c1ccc([Si](C)(C)OC(C#C)c2ccccc2)cc1)c1ccccc1. The van der Waals surface area contributed by atoms with Gasteiger partial charge in [-0.15, -0.1) is 12.8 Å². The van der Waals surface area contributed by atoms with Crippen LogP contribution in [0, 0.1) is 24.7 Å². The Morgan fingerprint density at radius 3 is 1.16 bits per heavy atom. The van der Waals surface area contributed by atoms with Crippen LogP contribution in [0.15, 0.2) is 84.9 Å². The maximum atomic E-state index is 6.48. The van der Waals surface area contributed by atoms with Crippen LogP contribution in [-0.4, -0.2) is 16.6 Å². The third-order valence-electron chi connectivity index (χ3n) is 5.61. The number of terminal acetylenes is 2. The van der Waals surface area contributed by atoms with Gasteiger partial charge in [-0.05, 0) is 47.7 Å². The molecule has 0 heterocycles. The van der Waals surface area contributed by atoms with Crippen LogP contribution in [-0.2, 0) is 8.85 Å². The molecule has 0 N–H and O–H groups in total. The maximum absolute atomic E-state index is 6.48. The highest BCUT2D eigenvalue weighted by molar-refractivity contribution is 6.86. The summed E-state index contributed by atoms with van der Waals surface area (Å²) in [6.07, 6.45) is 10.9. The van der Waals surface area contributed by atoms with Gasteiger partial charge in [-0.25, -0.2) is 0 Å². The molecule has 0 radical (unpaired) electrons. The second-order valence-corrected chi connectivity index (χ2v) is 16.4. The molecule has 0 aromatic heterocycles. The van der Waals surface area contributed by atoms with Crippen molar-refractivity contribution in [3.05, 3.63) is 96.1 Å². The first kappa shape index (κ1) is 23.8. The minimum atomic E-state index is -2.22. The zero-order valence-corrected chi connectivity index (χ0v) is 21.2. The Labute approximate surface area is 194 Å². The van der Waals surface area contributed by atoms with E-state index in [1.807, 2.05) is 60.7 Å². The molecule has 2 atom stereocenters. The fourth-order valence-corrected chi connectivity index (χ4v) is 7.45. The monoisotopic (exact) mass is 454 g/mol. The highest BCUT2D eigenvalue weighted by Crippen LogP contribution is 2.23. The molecule has 0 fully saturated rings. The summed E-state index contributed by atoms with van der Waals surface area (Å²) in [7, 11) is -4.44. The minimum absolute atomic E-state index is 0.353. The summed E-state index contributed by atoms with van der Waals surface area (Å²) in [5.74, 6) is 5.61. The van der Waals surface area contributed by atoms with Crippen molar-refractivity contribution in [2.75, 3.05) is 0 Å². The Morgan fingerprint density at radius 2 is 0.875 bits per heavy atom. The van der Waals surface area contributed by atoms with Crippen molar-refractivity contribution >= 4 is 27.0 Å². The van der Waals surface area contributed by atoms with Crippen LogP contribution in [0.5, 0.6) is 0 Å². The quantitative estimate of drug-likeness (QED) is 0.340. The summed E-state index contributed by atoms with van der Waals surface area (Å²) in [5, 5.41) is 2.39. The molecule has 4 heteroatoms. The molecule has 0 bridgehead atoms. The van der Waals surface area contributed by atoms with E-state index in [2.05, 4.69) is 62.3 Å². The van der Waals surface area contributed by atoms with Crippen LogP contribution in [0.25, 0.3) is 0 Å². The molecule has 2 nitrogen and oxygen atoms in total. The Hall–Kier alpha value is -2.87. The molecule has 3 rings (SSSR count). The molecule has 3 aromatic carbocycles. The van der Waals surface area contributed by atoms with Crippen molar-refractivity contribution in [3.63, 3.8) is 0 Å². The molecule has 0 saturated heterocycles. The van der Waals surface area contributed by atoms with E-state index in [-0.39, 0.29) is 12.2 Å². The fraction of sp³-hybridized carbons (Fsp3) is 0.214. The lowest BCUT2D eigenvalue weighted by molar-refractivity contribution is 0.261. The first-order valence-electron chi connectivity index (χ1n) is 10.8. The fourth-order valence-electron chi connectivity index (χ4n) is 3.65. The van der Waals surface area contributed by atoms with E-state index in [4.69, 9.17) is 21.7 Å². The zero-order chi connectivity index (χ0) is 23.2. The van der Waals surface area contributed by atoms with Crippen LogP contribution in [0.4, 0.5) is 0 Å². The van der Waals surface area contributed by atoms with Gasteiger partial charge in [0, 0.05) is 0 Å². The summed E-state index contributed by atoms with van der Waals surface area (Å²) in [6, 6.07) is 28.6. The van der Waals surface area contributed by atoms with Crippen LogP contribution < -0.4 is 10.4 Å². The van der Waals surface area contributed by atoms with Crippen molar-refractivity contribution in [1.82, 2.24) is 0 Å². The highest BCUT2D eigenvalue weighted by atomic mass is 28.4. The van der Waals surface area contributed by atoms with Crippen molar-refractivity contribution in [2.24, 2.45) is 0 Å². The van der Waals surface area contributed by atoms with E-state index < -0.39 is 16.6 Å². The number of hydrogen-bond donors (Lipinski definition) is 0. The van der Waals surface area contributed by atoms with Gasteiger partial charge in [-0.1, -0.05) is 96.8 Å². The summed E-state index contributed by atoms with van der Waals surface area (Å²) < 4.78 is 13.0. The predicted molar refractivity (Wildman–Crippen MR) is 139 cm³/mol. The van der Waals surface area contributed by atoms with E-state index in [1.54, 1.807) is 0 Å². The molecule has 0 amide bonds. The van der Waals surface area contributed by atoms with Crippen LogP contribution in [0.1, 0.15) is 23.3 Å². The summed E-state index contributed by atoms with van der Waals surface area (Å²) in [6.45, 7) is 8.71. The van der Waals surface area contributed by atoms with Crippen molar-refractivity contribution in [2.45, 2.75) is 38.4 Å². The van der Waals surface area contributed by atoms with E-state index in [0.29, 0.717) is 0 Å². The lowest BCUT2D eigenvalue weighted by Crippen LogP contribution is -2.49. The molecule has 0 aliphatic rings. The maximum Gasteiger partial charge on any atom is 0.220 e. The largest absolute Gasteiger partial charge is 0.395 e. The first-order valence-corrected chi connectivity index (χ1v) is 16.6. The molecule has 0 aliphatic heterocycles. The molecule has 2 unspecified atom stereocenters. The van der Waals surface area contributed by atoms with Gasteiger partial charge in [0.15, 0.2) is 0 Å². The lowest BCUT2D eigenvalue weighted by atomic mass is 10.1. The Bertz CT molecular complexity index is 1000. The van der Waals surface area contributed by atoms with Crippen molar-refractivity contribution < 1.29 is 8.85 Å². The van der Waals surface area contributed by atoms with E-state index in [9.17, 15) is 0 Å². The molecule has 0 spiro atoms. The van der Waals surface area contributed by atoms with E-state index in [0.717, 1.165) is 11.1 Å². The van der Waals surface area contributed by atoms with Gasteiger partial charge in [-0.3, -0.25) is 0 Å². The molecule has 3 aromatic rings. The minimum Gasteiger partial charge on any atom is -0.395 e. The lowest BCUT2D eigenvalue weighted by Gasteiger charge is -2.30. The average Bonchev–Trinajstić information content (AvgIpc) is 2.82. The number of rotatable bonds is 8. The average molecular weight is 455 g/mol. The van der Waals surface area contributed by atoms with Crippen molar-refractivity contribution in [3.8, 4) is 24.7 Å². The zero-order valence-electron chi connectivity index (χ0n) is 19.2. The van der Waals surface area contributed by atoms with Gasteiger partial charge in [0.2, 0.25) is 16.6 Å². The van der Waals surface area contributed by atoms with Gasteiger partial charge in [0.05, 0.1) is 0 Å². The first-order chi connectivity index (χ1) is 15.3. The second kappa shape index (κ2) is 10.2. The van der Waals surface area contributed by atoms with E-state index in [1.165, 1.54) is 10.4 Å². The molecule has 0 aliphatic carbocycles. The molecular weight excluding hydrogens is 424 g/mol. The molecule has 32 heavy (non-hydrogen) atoms. The predicted octanol–water partition coefficient (Wildman–Crippen LogP) is 5.29. The second-order valence-electron chi connectivity index (χ2n) is 8.75. The Kier molecular flexibility index (Phi) is 7.56.